The van der Waals surface area contributed by atoms with Crippen LogP contribution in [0.5, 0.6) is 0 Å². The van der Waals surface area contributed by atoms with Crippen molar-refractivity contribution >= 4 is 17.4 Å². The molecule has 1 atom stereocenters. The summed E-state index contributed by atoms with van der Waals surface area (Å²) in [7, 11) is 1.90. The van der Waals surface area contributed by atoms with E-state index in [2.05, 4.69) is 23.8 Å². The summed E-state index contributed by atoms with van der Waals surface area (Å²) in [6.07, 6.45) is 3.51. The van der Waals surface area contributed by atoms with Gasteiger partial charge in [-0.3, -0.25) is 4.79 Å². The van der Waals surface area contributed by atoms with Gasteiger partial charge in [0.2, 0.25) is 0 Å². The summed E-state index contributed by atoms with van der Waals surface area (Å²) < 4.78 is 0. The lowest BCUT2D eigenvalue weighted by molar-refractivity contribution is 0.610. The predicted molar refractivity (Wildman–Crippen MR) is 62.6 cm³/mol. The van der Waals surface area contributed by atoms with Gasteiger partial charge in [0.1, 0.15) is 5.02 Å². The molecular formula is C10H16ClN3O. The van der Waals surface area contributed by atoms with Gasteiger partial charge in [-0.15, -0.1) is 0 Å². The third kappa shape index (κ3) is 2.72. The molecule has 0 saturated heterocycles. The van der Waals surface area contributed by atoms with E-state index in [-0.39, 0.29) is 10.6 Å². The minimum Gasteiger partial charge on any atom is -0.356 e. The number of nitrogens with one attached hydrogen (secondary N) is 1. The first-order valence-corrected chi connectivity index (χ1v) is 5.41. The molecule has 84 valence electrons. The van der Waals surface area contributed by atoms with E-state index in [1.54, 1.807) is 0 Å². The SMILES string of the molecule is CCCC(C)N(C)c1nc[nH]c(=O)c1Cl. The number of H-pyrrole nitrogens is 1. The van der Waals surface area contributed by atoms with E-state index in [0.717, 1.165) is 12.8 Å². The van der Waals surface area contributed by atoms with Crippen LogP contribution in [0.25, 0.3) is 0 Å². The highest BCUT2D eigenvalue weighted by Crippen LogP contribution is 2.20. The number of anilines is 1. The first-order valence-electron chi connectivity index (χ1n) is 5.04. The fraction of sp³-hybridized carbons (Fsp3) is 0.600. The Morgan fingerprint density at radius 3 is 2.93 bits per heavy atom. The van der Waals surface area contributed by atoms with E-state index in [9.17, 15) is 4.79 Å². The molecule has 1 rings (SSSR count). The van der Waals surface area contributed by atoms with E-state index in [4.69, 9.17) is 11.6 Å². The van der Waals surface area contributed by atoms with Crippen molar-refractivity contribution in [2.75, 3.05) is 11.9 Å². The standard InChI is InChI=1S/C10H16ClN3O/c1-4-5-7(2)14(3)9-8(11)10(15)13-6-12-9/h6-7H,4-5H2,1-3H3,(H,12,13,15). The normalized spacial score (nSPS) is 12.5. The van der Waals surface area contributed by atoms with Crippen LogP contribution < -0.4 is 10.5 Å². The summed E-state index contributed by atoms with van der Waals surface area (Å²) in [6.45, 7) is 4.21. The summed E-state index contributed by atoms with van der Waals surface area (Å²) in [5.74, 6) is 0.543. The van der Waals surface area contributed by atoms with Gasteiger partial charge < -0.3 is 9.88 Å². The summed E-state index contributed by atoms with van der Waals surface area (Å²) in [6, 6.07) is 0.321. The molecule has 1 aromatic rings. The van der Waals surface area contributed by atoms with Crippen LogP contribution in [0.15, 0.2) is 11.1 Å². The van der Waals surface area contributed by atoms with Crippen LogP contribution >= 0.6 is 11.6 Å². The number of rotatable bonds is 4. The third-order valence-electron chi connectivity index (χ3n) is 2.48. The Morgan fingerprint density at radius 1 is 1.67 bits per heavy atom. The van der Waals surface area contributed by atoms with E-state index in [0.29, 0.717) is 11.9 Å². The van der Waals surface area contributed by atoms with Crippen molar-refractivity contribution in [3.63, 3.8) is 0 Å². The van der Waals surface area contributed by atoms with Crippen LogP contribution in [0.1, 0.15) is 26.7 Å². The molecule has 0 spiro atoms. The summed E-state index contributed by atoms with van der Waals surface area (Å²) in [5, 5.41) is 0.156. The zero-order chi connectivity index (χ0) is 11.4. The van der Waals surface area contributed by atoms with Crippen LogP contribution in [0.3, 0.4) is 0 Å². The van der Waals surface area contributed by atoms with Gasteiger partial charge in [-0.2, -0.15) is 0 Å². The second kappa shape index (κ2) is 5.16. The molecule has 4 nitrogen and oxygen atoms in total. The lowest BCUT2D eigenvalue weighted by Gasteiger charge is -2.25. The first-order chi connectivity index (χ1) is 7.07. The molecule has 15 heavy (non-hydrogen) atoms. The lowest BCUT2D eigenvalue weighted by Crippen LogP contribution is -2.31. The van der Waals surface area contributed by atoms with Crippen molar-refractivity contribution in [1.29, 1.82) is 0 Å². The van der Waals surface area contributed by atoms with E-state index in [1.165, 1.54) is 6.33 Å². The van der Waals surface area contributed by atoms with E-state index in [1.807, 2.05) is 11.9 Å². The lowest BCUT2D eigenvalue weighted by atomic mass is 10.2. The van der Waals surface area contributed by atoms with Crippen molar-refractivity contribution in [3.05, 3.63) is 21.7 Å². The minimum atomic E-state index is -0.294. The van der Waals surface area contributed by atoms with Crippen molar-refractivity contribution in [2.45, 2.75) is 32.7 Å². The van der Waals surface area contributed by atoms with Crippen LogP contribution in [0, 0.1) is 0 Å². The predicted octanol–water partition coefficient (Wildman–Crippen LogP) is 2.05. The van der Waals surface area contributed by atoms with Gasteiger partial charge in [-0.25, -0.2) is 4.98 Å². The Hall–Kier alpha value is -1.03. The maximum atomic E-state index is 11.3. The Morgan fingerprint density at radius 2 is 2.33 bits per heavy atom. The molecular weight excluding hydrogens is 214 g/mol. The highest BCUT2D eigenvalue weighted by Gasteiger charge is 2.15. The van der Waals surface area contributed by atoms with Gasteiger partial charge in [0, 0.05) is 13.1 Å². The topological polar surface area (TPSA) is 49.0 Å². The van der Waals surface area contributed by atoms with Gasteiger partial charge >= 0.3 is 0 Å². The van der Waals surface area contributed by atoms with Crippen LogP contribution in [-0.4, -0.2) is 23.1 Å². The number of hydrogen-bond acceptors (Lipinski definition) is 3. The Balaban J connectivity index is 2.95. The number of nitrogens with zero attached hydrogens (tertiary/aromatic N) is 2. The molecule has 1 unspecified atom stereocenters. The maximum Gasteiger partial charge on any atom is 0.271 e. The second-order valence-electron chi connectivity index (χ2n) is 3.62. The fourth-order valence-corrected chi connectivity index (χ4v) is 1.68. The molecule has 0 aliphatic rings. The zero-order valence-corrected chi connectivity index (χ0v) is 10.0. The largest absolute Gasteiger partial charge is 0.356 e. The molecule has 0 saturated carbocycles. The molecule has 1 aromatic heterocycles. The molecule has 1 heterocycles. The first kappa shape index (κ1) is 12.0. The molecule has 0 amide bonds. The van der Waals surface area contributed by atoms with Gasteiger partial charge in [0.05, 0.1) is 6.33 Å². The number of aromatic amines is 1. The van der Waals surface area contributed by atoms with Crippen LogP contribution in [-0.2, 0) is 0 Å². The highest BCUT2D eigenvalue weighted by atomic mass is 35.5. The molecule has 0 aromatic carbocycles. The number of hydrogen-bond donors (Lipinski definition) is 1. The second-order valence-corrected chi connectivity index (χ2v) is 4.00. The van der Waals surface area contributed by atoms with E-state index >= 15 is 0 Å². The quantitative estimate of drug-likeness (QED) is 0.860. The zero-order valence-electron chi connectivity index (χ0n) is 9.25. The monoisotopic (exact) mass is 229 g/mol. The van der Waals surface area contributed by atoms with Crippen molar-refractivity contribution < 1.29 is 0 Å². The molecule has 0 aliphatic heterocycles. The summed E-state index contributed by atoms with van der Waals surface area (Å²) >= 11 is 5.88. The van der Waals surface area contributed by atoms with Gasteiger partial charge in [0.15, 0.2) is 5.82 Å². The molecule has 0 radical (unpaired) electrons. The molecule has 5 heteroatoms. The molecule has 0 bridgehead atoms. The molecule has 0 fully saturated rings. The van der Waals surface area contributed by atoms with Gasteiger partial charge in [-0.05, 0) is 13.3 Å². The fourth-order valence-electron chi connectivity index (χ4n) is 1.44. The van der Waals surface area contributed by atoms with Crippen LogP contribution in [0.4, 0.5) is 5.82 Å². The van der Waals surface area contributed by atoms with Crippen molar-refractivity contribution in [2.24, 2.45) is 0 Å². The third-order valence-corrected chi connectivity index (χ3v) is 2.82. The van der Waals surface area contributed by atoms with Gasteiger partial charge in [-0.1, -0.05) is 24.9 Å². The Bertz CT molecular complexity index is 377. The number of aromatic nitrogens is 2. The Labute approximate surface area is 94.3 Å². The van der Waals surface area contributed by atoms with Gasteiger partial charge in [0.25, 0.3) is 5.56 Å². The maximum absolute atomic E-state index is 11.3. The summed E-state index contributed by atoms with van der Waals surface area (Å²) in [4.78, 5) is 19.7. The average molecular weight is 230 g/mol. The number of halogens is 1. The Kier molecular flexibility index (Phi) is 4.15. The highest BCUT2D eigenvalue weighted by molar-refractivity contribution is 6.32. The smallest absolute Gasteiger partial charge is 0.271 e. The van der Waals surface area contributed by atoms with E-state index < -0.39 is 0 Å². The van der Waals surface area contributed by atoms with Crippen LogP contribution in [0.2, 0.25) is 5.02 Å². The molecule has 1 N–H and O–H groups in total. The minimum absolute atomic E-state index is 0.156. The average Bonchev–Trinajstić information content (AvgIpc) is 2.21. The molecule has 0 aliphatic carbocycles. The van der Waals surface area contributed by atoms with Crippen molar-refractivity contribution in [3.8, 4) is 0 Å². The van der Waals surface area contributed by atoms with Crippen molar-refractivity contribution in [1.82, 2.24) is 9.97 Å². The summed E-state index contributed by atoms with van der Waals surface area (Å²) in [5.41, 5.74) is -0.294.